The number of rotatable bonds is 5. The molecule has 0 atom stereocenters. The van der Waals surface area contributed by atoms with Crippen LogP contribution < -0.4 is 5.32 Å². The van der Waals surface area contributed by atoms with E-state index >= 15 is 0 Å². The van der Waals surface area contributed by atoms with Crippen LogP contribution >= 0.6 is 24.8 Å². The van der Waals surface area contributed by atoms with Gasteiger partial charge in [0.2, 0.25) is 0 Å². The van der Waals surface area contributed by atoms with Gasteiger partial charge in [-0.25, -0.2) is 0 Å². The second-order valence-electron chi connectivity index (χ2n) is 5.11. The van der Waals surface area contributed by atoms with Crippen LogP contribution in [0.25, 0.3) is 0 Å². The van der Waals surface area contributed by atoms with Crippen molar-refractivity contribution in [3.05, 3.63) is 18.0 Å². The molecule has 1 aliphatic heterocycles. The Hall–Kier alpha value is -0.290. The van der Waals surface area contributed by atoms with E-state index in [0.717, 1.165) is 12.3 Å². The molecule has 0 bridgehead atoms. The maximum Gasteiger partial charge on any atom is 0.0522 e. The van der Waals surface area contributed by atoms with Gasteiger partial charge in [-0.1, -0.05) is 0 Å². The number of hydrogen-bond donors (Lipinski definition) is 1. The number of piperidine rings is 1. The van der Waals surface area contributed by atoms with Gasteiger partial charge >= 0.3 is 0 Å². The highest BCUT2D eigenvalue weighted by Crippen LogP contribution is 2.16. The molecule has 0 aromatic carbocycles. The van der Waals surface area contributed by atoms with Gasteiger partial charge in [-0.05, 0) is 57.4 Å². The fraction of sp³-hybridized carbons (Fsp3) is 0.769. The number of aromatic nitrogens is 2. The van der Waals surface area contributed by atoms with E-state index in [0.29, 0.717) is 0 Å². The summed E-state index contributed by atoms with van der Waals surface area (Å²) in [5.41, 5.74) is 1.35. The Morgan fingerprint density at radius 2 is 2.00 bits per heavy atom. The van der Waals surface area contributed by atoms with E-state index in [1.807, 2.05) is 17.9 Å². The fourth-order valence-electron chi connectivity index (χ4n) is 2.59. The van der Waals surface area contributed by atoms with Crippen LogP contribution in [-0.4, -0.2) is 47.9 Å². The van der Waals surface area contributed by atoms with Gasteiger partial charge in [0, 0.05) is 19.8 Å². The molecule has 0 amide bonds. The van der Waals surface area contributed by atoms with Gasteiger partial charge in [0.15, 0.2) is 0 Å². The van der Waals surface area contributed by atoms with Crippen molar-refractivity contribution in [2.75, 3.05) is 33.2 Å². The van der Waals surface area contributed by atoms with Gasteiger partial charge in [0.25, 0.3) is 0 Å². The predicted molar refractivity (Wildman–Crippen MR) is 84.5 cm³/mol. The number of halogens is 2. The molecule has 112 valence electrons. The van der Waals surface area contributed by atoms with Gasteiger partial charge in [-0.15, -0.1) is 24.8 Å². The van der Waals surface area contributed by atoms with Gasteiger partial charge in [-0.2, -0.15) is 5.10 Å². The molecule has 1 aromatic heterocycles. The van der Waals surface area contributed by atoms with Crippen LogP contribution in [0.15, 0.2) is 12.4 Å². The largest absolute Gasteiger partial charge is 0.319 e. The van der Waals surface area contributed by atoms with Crippen molar-refractivity contribution >= 4 is 24.8 Å². The summed E-state index contributed by atoms with van der Waals surface area (Å²) in [5.74, 6) is 0.884. The maximum absolute atomic E-state index is 4.21. The molecule has 6 heteroatoms. The lowest BCUT2D eigenvalue weighted by molar-refractivity contribution is 0.185. The second kappa shape index (κ2) is 9.59. The van der Waals surface area contributed by atoms with Crippen molar-refractivity contribution in [2.45, 2.75) is 19.3 Å². The zero-order valence-electron chi connectivity index (χ0n) is 11.8. The Morgan fingerprint density at radius 3 is 2.53 bits per heavy atom. The summed E-state index contributed by atoms with van der Waals surface area (Å²) in [6.45, 7) is 4.87. The number of nitrogens with zero attached hydrogens (tertiary/aromatic N) is 3. The molecule has 0 unspecified atom stereocenters. The Labute approximate surface area is 128 Å². The molecule has 1 fully saturated rings. The van der Waals surface area contributed by atoms with Crippen LogP contribution in [0.1, 0.15) is 18.4 Å². The van der Waals surface area contributed by atoms with Crippen molar-refractivity contribution in [3.8, 4) is 0 Å². The number of hydrogen-bond acceptors (Lipinski definition) is 3. The van der Waals surface area contributed by atoms with E-state index in [1.165, 1.54) is 44.6 Å². The van der Waals surface area contributed by atoms with E-state index in [-0.39, 0.29) is 24.8 Å². The summed E-state index contributed by atoms with van der Waals surface area (Å²) in [6.07, 6.45) is 7.91. The molecule has 0 saturated carbocycles. The molecule has 0 spiro atoms. The zero-order valence-corrected chi connectivity index (χ0v) is 13.5. The molecule has 2 rings (SSSR count). The minimum Gasteiger partial charge on any atom is -0.319 e. The molecule has 0 aliphatic carbocycles. The minimum absolute atomic E-state index is 0. The number of aryl methyl sites for hydroxylation is 1. The third-order valence-electron chi connectivity index (χ3n) is 3.68. The lowest BCUT2D eigenvalue weighted by atomic mass is 9.96. The standard InChI is InChI=1S/C13H24N4.2ClH/c1-14-9-12-3-6-17(7-4-12)8-5-13-10-15-16(2)11-13;;/h10-12,14H,3-9H2,1-2H3;2*1H. The van der Waals surface area contributed by atoms with Gasteiger partial charge in [0.05, 0.1) is 6.20 Å². The van der Waals surface area contributed by atoms with Crippen molar-refractivity contribution < 1.29 is 0 Å². The monoisotopic (exact) mass is 308 g/mol. The SMILES string of the molecule is CNCC1CCN(CCc2cnn(C)c2)CC1.Cl.Cl. The maximum atomic E-state index is 4.21. The normalized spacial score (nSPS) is 16.7. The lowest BCUT2D eigenvalue weighted by Gasteiger charge is -2.31. The molecular formula is C13H26Cl2N4. The van der Waals surface area contributed by atoms with Crippen LogP contribution in [0.2, 0.25) is 0 Å². The molecule has 2 heterocycles. The van der Waals surface area contributed by atoms with E-state index in [4.69, 9.17) is 0 Å². The highest BCUT2D eigenvalue weighted by molar-refractivity contribution is 5.85. The lowest BCUT2D eigenvalue weighted by Crippen LogP contribution is -2.37. The molecular weight excluding hydrogens is 283 g/mol. The third-order valence-corrected chi connectivity index (χ3v) is 3.68. The summed E-state index contributed by atoms with van der Waals surface area (Å²) < 4.78 is 1.88. The molecule has 1 aliphatic rings. The van der Waals surface area contributed by atoms with E-state index in [1.54, 1.807) is 0 Å². The quantitative estimate of drug-likeness (QED) is 0.899. The average Bonchev–Trinajstić information content (AvgIpc) is 2.75. The topological polar surface area (TPSA) is 33.1 Å². The van der Waals surface area contributed by atoms with Gasteiger partial charge < -0.3 is 10.2 Å². The first-order chi connectivity index (χ1) is 8.28. The van der Waals surface area contributed by atoms with Crippen molar-refractivity contribution in [1.29, 1.82) is 0 Å². The number of nitrogens with one attached hydrogen (secondary N) is 1. The highest BCUT2D eigenvalue weighted by atomic mass is 35.5. The van der Waals surface area contributed by atoms with Crippen LogP contribution in [0.4, 0.5) is 0 Å². The highest BCUT2D eigenvalue weighted by Gasteiger charge is 2.18. The molecule has 19 heavy (non-hydrogen) atoms. The molecule has 0 radical (unpaired) electrons. The summed E-state index contributed by atoms with van der Waals surface area (Å²) >= 11 is 0. The first-order valence-electron chi connectivity index (χ1n) is 6.62. The van der Waals surface area contributed by atoms with Crippen LogP contribution in [0, 0.1) is 5.92 Å². The van der Waals surface area contributed by atoms with Crippen molar-refractivity contribution in [2.24, 2.45) is 13.0 Å². The van der Waals surface area contributed by atoms with Crippen LogP contribution in [0.5, 0.6) is 0 Å². The zero-order chi connectivity index (χ0) is 12.1. The Kier molecular flexibility index (Phi) is 9.44. The van der Waals surface area contributed by atoms with Gasteiger partial charge in [0.1, 0.15) is 0 Å². The predicted octanol–water partition coefficient (Wildman–Crippen LogP) is 1.74. The summed E-state index contributed by atoms with van der Waals surface area (Å²) in [4.78, 5) is 2.58. The molecule has 4 nitrogen and oxygen atoms in total. The van der Waals surface area contributed by atoms with Crippen LogP contribution in [0.3, 0.4) is 0 Å². The Bertz CT molecular complexity index is 335. The van der Waals surface area contributed by atoms with Crippen molar-refractivity contribution in [3.63, 3.8) is 0 Å². The summed E-state index contributed by atoms with van der Waals surface area (Å²) in [6, 6.07) is 0. The summed E-state index contributed by atoms with van der Waals surface area (Å²) in [5, 5.41) is 7.49. The first kappa shape index (κ1) is 18.7. The van der Waals surface area contributed by atoms with E-state index < -0.39 is 0 Å². The van der Waals surface area contributed by atoms with Crippen LogP contribution in [-0.2, 0) is 13.5 Å². The molecule has 1 aromatic rings. The molecule has 1 N–H and O–H groups in total. The molecule has 1 saturated heterocycles. The Balaban J connectivity index is 0.00000162. The minimum atomic E-state index is 0. The third kappa shape index (κ3) is 6.13. The van der Waals surface area contributed by atoms with E-state index in [9.17, 15) is 0 Å². The summed E-state index contributed by atoms with van der Waals surface area (Å²) in [7, 11) is 4.03. The smallest absolute Gasteiger partial charge is 0.0522 e. The fourth-order valence-corrected chi connectivity index (χ4v) is 2.59. The van der Waals surface area contributed by atoms with Gasteiger partial charge in [-0.3, -0.25) is 4.68 Å². The number of likely N-dealkylation sites (tertiary alicyclic amines) is 1. The Morgan fingerprint density at radius 1 is 1.32 bits per heavy atom. The first-order valence-corrected chi connectivity index (χ1v) is 6.62. The average molecular weight is 309 g/mol. The van der Waals surface area contributed by atoms with E-state index in [2.05, 4.69) is 28.6 Å². The second-order valence-corrected chi connectivity index (χ2v) is 5.11. The van der Waals surface area contributed by atoms with Crippen molar-refractivity contribution in [1.82, 2.24) is 20.0 Å².